The molecule has 10 heteroatoms. The fourth-order valence-electron chi connectivity index (χ4n) is 3.21. The number of rotatable bonds is 4. The summed E-state index contributed by atoms with van der Waals surface area (Å²) in [5.74, 6) is -0.594. The predicted octanol–water partition coefficient (Wildman–Crippen LogP) is 3.45. The monoisotopic (exact) mass is 427 g/mol. The third-order valence-electron chi connectivity index (χ3n) is 4.79. The van der Waals surface area contributed by atoms with Crippen molar-refractivity contribution < 1.29 is 26.4 Å². The van der Waals surface area contributed by atoms with Crippen molar-refractivity contribution in [3.05, 3.63) is 53.9 Å². The summed E-state index contributed by atoms with van der Waals surface area (Å²) in [6, 6.07) is 7.08. The molecule has 0 spiro atoms. The molecule has 1 aromatic carbocycles. The van der Waals surface area contributed by atoms with Gasteiger partial charge in [-0.2, -0.15) is 17.5 Å². The Bertz CT molecular complexity index is 1000. The molecule has 1 amide bonds. The van der Waals surface area contributed by atoms with Crippen molar-refractivity contribution in [2.45, 2.75) is 30.8 Å². The van der Waals surface area contributed by atoms with E-state index >= 15 is 0 Å². The topological polar surface area (TPSA) is 79.4 Å². The number of benzene rings is 1. The number of amides is 1. The number of sulfonamides is 1. The molecular formula is C19H20F3N3O3S. The normalized spacial score (nSPS) is 16.6. The molecule has 29 heavy (non-hydrogen) atoms. The zero-order valence-electron chi connectivity index (χ0n) is 15.6. The number of carbonyl (C=O) groups is 1. The van der Waals surface area contributed by atoms with E-state index < -0.39 is 26.7 Å². The van der Waals surface area contributed by atoms with Crippen LogP contribution in [0.15, 0.2) is 47.5 Å². The van der Waals surface area contributed by atoms with Crippen molar-refractivity contribution in [1.82, 2.24) is 9.29 Å². The molecule has 1 aliphatic heterocycles. The van der Waals surface area contributed by atoms with Gasteiger partial charge in [0.1, 0.15) is 0 Å². The van der Waals surface area contributed by atoms with Gasteiger partial charge in [-0.15, -0.1) is 0 Å². The fourth-order valence-corrected chi connectivity index (χ4v) is 4.72. The summed E-state index contributed by atoms with van der Waals surface area (Å²) in [4.78, 5) is 16.1. The fraction of sp³-hybridized carbons (Fsp3) is 0.368. The lowest BCUT2D eigenvalue weighted by Gasteiger charge is -2.30. The van der Waals surface area contributed by atoms with E-state index in [4.69, 9.17) is 0 Å². The van der Waals surface area contributed by atoms with E-state index in [0.717, 1.165) is 28.2 Å². The Hall–Kier alpha value is -2.46. The van der Waals surface area contributed by atoms with Gasteiger partial charge < -0.3 is 5.32 Å². The van der Waals surface area contributed by atoms with Crippen molar-refractivity contribution in [2.24, 2.45) is 5.92 Å². The zero-order valence-corrected chi connectivity index (χ0v) is 16.4. The molecule has 6 nitrogen and oxygen atoms in total. The first-order valence-corrected chi connectivity index (χ1v) is 10.4. The lowest BCUT2D eigenvalue weighted by atomic mass is 9.97. The highest BCUT2D eigenvalue weighted by Gasteiger charge is 2.35. The molecule has 1 N–H and O–H groups in total. The smallest absolute Gasteiger partial charge is 0.326 e. The van der Waals surface area contributed by atoms with Crippen molar-refractivity contribution in [3.63, 3.8) is 0 Å². The van der Waals surface area contributed by atoms with E-state index in [1.807, 2.05) is 0 Å². The van der Waals surface area contributed by atoms with Gasteiger partial charge in [0.2, 0.25) is 15.9 Å². The minimum Gasteiger partial charge on any atom is -0.326 e. The highest BCUT2D eigenvalue weighted by atomic mass is 32.2. The Morgan fingerprint density at radius 2 is 1.86 bits per heavy atom. The molecule has 2 heterocycles. The van der Waals surface area contributed by atoms with Crippen molar-refractivity contribution in [1.29, 1.82) is 0 Å². The lowest BCUT2D eigenvalue weighted by Crippen LogP contribution is -2.41. The summed E-state index contributed by atoms with van der Waals surface area (Å²) >= 11 is 0. The summed E-state index contributed by atoms with van der Waals surface area (Å²) in [5, 5.41) is 2.79. The van der Waals surface area contributed by atoms with E-state index in [9.17, 15) is 26.4 Å². The number of hydrogen-bond donors (Lipinski definition) is 1. The van der Waals surface area contributed by atoms with Gasteiger partial charge in [-0.3, -0.25) is 9.78 Å². The van der Waals surface area contributed by atoms with Crippen LogP contribution < -0.4 is 5.32 Å². The number of anilines is 1. The van der Waals surface area contributed by atoms with Gasteiger partial charge >= 0.3 is 6.18 Å². The largest absolute Gasteiger partial charge is 0.416 e. The Labute approximate surface area is 166 Å². The van der Waals surface area contributed by atoms with Gasteiger partial charge in [0.05, 0.1) is 10.5 Å². The van der Waals surface area contributed by atoms with Crippen LogP contribution in [0.4, 0.5) is 18.9 Å². The van der Waals surface area contributed by atoms with E-state index in [1.165, 1.54) is 0 Å². The number of nitrogens with zero attached hydrogens (tertiary/aromatic N) is 2. The quantitative estimate of drug-likeness (QED) is 0.811. The molecule has 2 aromatic rings. The van der Waals surface area contributed by atoms with Gasteiger partial charge in [0.15, 0.2) is 0 Å². The molecule has 1 aromatic heterocycles. The Balaban J connectivity index is 1.66. The van der Waals surface area contributed by atoms with Gasteiger partial charge in [-0.1, -0.05) is 6.07 Å². The molecular weight excluding hydrogens is 407 g/mol. The molecule has 0 saturated carbocycles. The molecule has 3 rings (SSSR count). The summed E-state index contributed by atoms with van der Waals surface area (Å²) in [6.07, 6.45) is -2.47. The van der Waals surface area contributed by atoms with Crippen LogP contribution in [0.3, 0.4) is 0 Å². The van der Waals surface area contributed by atoms with Crippen LogP contribution in [-0.2, 0) is 21.0 Å². The molecule has 1 aliphatic rings. The first-order chi connectivity index (χ1) is 13.6. The number of carbonyl (C=O) groups excluding carboxylic acids is 1. The zero-order chi connectivity index (χ0) is 21.2. The number of halogens is 3. The maximum atomic E-state index is 12.9. The number of alkyl halides is 3. The Morgan fingerprint density at radius 3 is 2.48 bits per heavy atom. The lowest BCUT2D eigenvalue weighted by molar-refractivity contribution is -0.137. The van der Waals surface area contributed by atoms with E-state index in [0.29, 0.717) is 11.8 Å². The molecule has 0 bridgehead atoms. The standard InChI is InChI=1S/C19H20F3N3O3S/c1-13-11-16(5-8-23-13)24-18(26)14-6-9-25(10-7-14)29(27,28)17-4-2-3-15(12-17)19(20,21)22/h2-5,8,11-12,14H,6-7,9-10H2,1H3,(H,23,24,26). The molecule has 1 saturated heterocycles. The number of aromatic nitrogens is 1. The molecule has 0 atom stereocenters. The minimum absolute atomic E-state index is 0.0615. The predicted molar refractivity (Wildman–Crippen MR) is 101 cm³/mol. The van der Waals surface area contributed by atoms with Crippen molar-refractivity contribution in [3.8, 4) is 0 Å². The van der Waals surface area contributed by atoms with E-state index in [1.54, 1.807) is 25.3 Å². The third-order valence-corrected chi connectivity index (χ3v) is 6.68. The van der Waals surface area contributed by atoms with Crippen LogP contribution in [0.5, 0.6) is 0 Å². The Kier molecular flexibility index (Phi) is 5.95. The van der Waals surface area contributed by atoms with Crippen molar-refractivity contribution in [2.75, 3.05) is 18.4 Å². The second-order valence-electron chi connectivity index (χ2n) is 6.88. The number of pyridine rings is 1. The van der Waals surface area contributed by atoms with Gasteiger partial charge in [-0.05, 0) is 50.1 Å². The number of piperidine rings is 1. The number of hydrogen-bond acceptors (Lipinski definition) is 4. The average Bonchev–Trinajstić information content (AvgIpc) is 2.67. The van der Waals surface area contributed by atoms with Crippen LogP contribution in [0, 0.1) is 12.8 Å². The molecule has 156 valence electrons. The maximum Gasteiger partial charge on any atom is 0.416 e. The maximum absolute atomic E-state index is 12.9. The van der Waals surface area contributed by atoms with Crippen LogP contribution in [0.1, 0.15) is 24.1 Å². The van der Waals surface area contributed by atoms with Crippen LogP contribution in [-0.4, -0.2) is 36.7 Å². The minimum atomic E-state index is -4.62. The van der Waals surface area contributed by atoms with Crippen molar-refractivity contribution >= 4 is 21.6 Å². The molecule has 0 aliphatic carbocycles. The average molecular weight is 427 g/mol. The van der Waals surface area contributed by atoms with Crippen LogP contribution in [0.25, 0.3) is 0 Å². The first kappa shape index (κ1) is 21.3. The first-order valence-electron chi connectivity index (χ1n) is 8.98. The SMILES string of the molecule is Cc1cc(NC(=O)C2CCN(S(=O)(=O)c3cccc(C(F)(F)F)c3)CC2)ccn1. The second kappa shape index (κ2) is 8.11. The van der Waals surface area contributed by atoms with Gasteiger partial charge in [0.25, 0.3) is 0 Å². The number of nitrogens with one attached hydrogen (secondary N) is 1. The molecule has 0 unspecified atom stereocenters. The van der Waals surface area contributed by atoms with Gasteiger partial charge in [0, 0.05) is 36.6 Å². The summed E-state index contributed by atoms with van der Waals surface area (Å²) in [6.45, 7) is 1.92. The second-order valence-corrected chi connectivity index (χ2v) is 8.82. The van der Waals surface area contributed by atoms with Gasteiger partial charge in [-0.25, -0.2) is 8.42 Å². The van der Waals surface area contributed by atoms with E-state index in [-0.39, 0.29) is 37.8 Å². The highest BCUT2D eigenvalue weighted by Crippen LogP contribution is 2.32. The number of aryl methyl sites for hydroxylation is 1. The molecule has 0 radical (unpaired) electrons. The van der Waals surface area contributed by atoms with E-state index in [2.05, 4.69) is 10.3 Å². The van der Waals surface area contributed by atoms with Crippen LogP contribution >= 0.6 is 0 Å². The molecule has 1 fully saturated rings. The van der Waals surface area contributed by atoms with Crippen LogP contribution in [0.2, 0.25) is 0 Å². The summed E-state index contributed by atoms with van der Waals surface area (Å²) in [7, 11) is -4.07. The highest BCUT2D eigenvalue weighted by molar-refractivity contribution is 7.89. The summed E-state index contributed by atoms with van der Waals surface area (Å²) < 4.78 is 65.2. The Morgan fingerprint density at radius 1 is 1.17 bits per heavy atom. The summed E-state index contributed by atoms with van der Waals surface area (Å²) in [5.41, 5.74) is 0.354. The third kappa shape index (κ3) is 4.94.